The van der Waals surface area contributed by atoms with Gasteiger partial charge in [0.2, 0.25) is 0 Å². The molecule has 0 aromatic carbocycles. The summed E-state index contributed by atoms with van der Waals surface area (Å²) < 4.78 is 0. The van der Waals surface area contributed by atoms with E-state index < -0.39 is 0 Å². The second kappa shape index (κ2) is 1.29. The van der Waals surface area contributed by atoms with E-state index in [4.69, 9.17) is 0 Å². The van der Waals surface area contributed by atoms with Crippen molar-refractivity contribution < 1.29 is 5.11 Å². The third kappa shape index (κ3) is 0.378. The van der Waals surface area contributed by atoms with Crippen molar-refractivity contribution >= 4 is 0 Å². The van der Waals surface area contributed by atoms with E-state index in [-0.39, 0.29) is 5.60 Å². The second-order valence-corrected chi connectivity index (χ2v) is 4.68. The Labute approximate surface area is 61.4 Å². The summed E-state index contributed by atoms with van der Waals surface area (Å²) in [5, 5.41) is 9.89. The Balaban J connectivity index is 2.00. The van der Waals surface area contributed by atoms with Gasteiger partial charge in [-0.25, -0.2) is 0 Å². The number of hydrogen-bond donors (Lipinski definition) is 1. The Morgan fingerprint density at radius 3 is 2.10 bits per heavy atom. The monoisotopic (exact) mass is 138 g/mol. The van der Waals surface area contributed by atoms with E-state index in [1.165, 1.54) is 19.3 Å². The van der Waals surface area contributed by atoms with Gasteiger partial charge >= 0.3 is 0 Å². The maximum absolute atomic E-state index is 9.89. The average molecular weight is 138 g/mol. The van der Waals surface area contributed by atoms with Crippen LogP contribution in [0.2, 0.25) is 0 Å². The van der Waals surface area contributed by atoms with E-state index in [0.717, 1.165) is 11.8 Å². The predicted octanol–water partition coefficient (Wildman–Crippen LogP) is 1.41. The molecule has 1 N–H and O–H groups in total. The molecular weight excluding hydrogens is 124 g/mol. The highest BCUT2D eigenvalue weighted by atomic mass is 16.3. The summed E-state index contributed by atoms with van der Waals surface area (Å²) in [6, 6.07) is 0. The third-order valence-electron chi connectivity index (χ3n) is 4.32. The van der Waals surface area contributed by atoms with E-state index >= 15 is 0 Å². The number of hydrogen-bond acceptors (Lipinski definition) is 1. The summed E-state index contributed by atoms with van der Waals surface area (Å²) in [5.41, 5.74) is -0.252. The summed E-state index contributed by atoms with van der Waals surface area (Å²) in [6.45, 7) is 2.04. The molecule has 0 saturated heterocycles. The second-order valence-electron chi connectivity index (χ2n) is 4.68. The Bertz CT molecular complexity index is 169. The lowest BCUT2D eigenvalue weighted by molar-refractivity contribution is -0.181. The van der Waals surface area contributed by atoms with Crippen molar-refractivity contribution in [3.63, 3.8) is 0 Å². The lowest BCUT2D eigenvalue weighted by atomic mass is 9.53. The Kier molecular flexibility index (Phi) is 0.722. The first-order valence-electron chi connectivity index (χ1n) is 4.42. The SMILES string of the molecule is CC1(O)[C@H]2CC3CC2[C@@H]1C3. The molecule has 0 aromatic rings. The van der Waals surface area contributed by atoms with Crippen molar-refractivity contribution in [1.82, 2.24) is 0 Å². The Morgan fingerprint density at radius 1 is 1.20 bits per heavy atom. The first-order chi connectivity index (χ1) is 4.69. The molecule has 3 saturated carbocycles. The van der Waals surface area contributed by atoms with Gasteiger partial charge in [-0.2, -0.15) is 0 Å². The lowest BCUT2D eigenvalue weighted by Gasteiger charge is -2.55. The molecule has 0 heterocycles. The lowest BCUT2D eigenvalue weighted by Crippen LogP contribution is -2.59. The van der Waals surface area contributed by atoms with Crippen LogP contribution in [0, 0.1) is 23.7 Å². The van der Waals surface area contributed by atoms with Gasteiger partial charge in [0.05, 0.1) is 5.60 Å². The minimum absolute atomic E-state index is 0.252. The standard InChI is InChI=1S/C9H14O/c1-9(10)7-3-5-2-6(7)8(9)4-5/h5-8,10H,2-4H2,1H3/t5?,6?,7-,8-,9?/m0/s1. The fraction of sp³-hybridized carbons (Fsp3) is 1.00. The third-order valence-corrected chi connectivity index (χ3v) is 4.32. The van der Waals surface area contributed by atoms with E-state index in [9.17, 15) is 5.11 Å². The van der Waals surface area contributed by atoms with E-state index in [2.05, 4.69) is 0 Å². The molecule has 0 amide bonds. The van der Waals surface area contributed by atoms with Gasteiger partial charge in [-0.3, -0.25) is 0 Å². The number of rotatable bonds is 0. The molecular formula is C9H14O. The molecule has 0 aromatic heterocycles. The Morgan fingerprint density at radius 2 is 1.80 bits per heavy atom. The van der Waals surface area contributed by atoms with Crippen LogP contribution in [-0.2, 0) is 0 Å². The summed E-state index contributed by atoms with van der Waals surface area (Å²) in [5.74, 6) is 3.31. The summed E-state index contributed by atoms with van der Waals surface area (Å²) >= 11 is 0. The van der Waals surface area contributed by atoms with Gasteiger partial charge in [0.25, 0.3) is 0 Å². The molecule has 2 bridgehead atoms. The minimum Gasteiger partial charge on any atom is -0.390 e. The van der Waals surface area contributed by atoms with Crippen LogP contribution in [0.1, 0.15) is 26.2 Å². The topological polar surface area (TPSA) is 20.2 Å². The summed E-state index contributed by atoms with van der Waals surface area (Å²) in [7, 11) is 0. The van der Waals surface area contributed by atoms with Gasteiger partial charge in [0.1, 0.15) is 0 Å². The normalized spacial score (nSPS) is 70.2. The number of fused-ring (bicyclic) bond motifs is 1. The molecule has 3 rings (SSSR count). The quantitative estimate of drug-likeness (QED) is 0.536. The van der Waals surface area contributed by atoms with Gasteiger partial charge in [-0.15, -0.1) is 0 Å². The van der Waals surface area contributed by atoms with Gasteiger partial charge in [-0.05, 0) is 49.9 Å². The molecule has 56 valence electrons. The van der Waals surface area contributed by atoms with Crippen molar-refractivity contribution in [1.29, 1.82) is 0 Å². The maximum atomic E-state index is 9.89. The molecule has 3 fully saturated rings. The van der Waals surface area contributed by atoms with E-state index in [1.54, 1.807) is 0 Å². The summed E-state index contributed by atoms with van der Waals surface area (Å²) in [4.78, 5) is 0. The van der Waals surface area contributed by atoms with Crippen molar-refractivity contribution in [2.45, 2.75) is 31.8 Å². The first kappa shape index (κ1) is 5.59. The van der Waals surface area contributed by atoms with E-state index in [0.29, 0.717) is 11.8 Å². The van der Waals surface area contributed by atoms with Crippen LogP contribution in [-0.4, -0.2) is 10.7 Å². The van der Waals surface area contributed by atoms with Crippen molar-refractivity contribution in [2.24, 2.45) is 23.7 Å². The highest BCUT2D eigenvalue weighted by Crippen LogP contribution is 2.68. The maximum Gasteiger partial charge on any atom is 0.0681 e. The molecule has 1 nitrogen and oxygen atoms in total. The van der Waals surface area contributed by atoms with Crippen LogP contribution in [0.5, 0.6) is 0 Å². The molecule has 0 unspecified atom stereocenters. The van der Waals surface area contributed by atoms with Crippen molar-refractivity contribution in [3.05, 3.63) is 0 Å². The minimum atomic E-state index is -0.252. The zero-order chi connectivity index (χ0) is 6.93. The largest absolute Gasteiger partial charge is 0.390 e. The first-order valence-corrected chi connectivity index (χ1v) is 4.42. The molecule has 0 spiro atoms. The van der Waals surface area contributed by atoms with Crippen LogP contribution in [0.4, 0.5) is 0 Å². The zero-order valence-electron chi connectivity index (χ0n) is 6.38. The fourth-order valence-electron chi connectivity index (χ4n) is 3.85. The van der Waals surface area contributed by atoms with Crippen LogP contribution in [0.25, 0.3) is 0 Å². The smallest absolute Gasteiger partial charge is 0.0681 e. The summed E-state index contributed by atoms with van der Waals surface area (Å²) in [6.07, 6.45) is 4.09. The van der Waals surface area contributed by atoms with E-state index in [1.807, 2.05) is 6.92 Å². The molecule has 0 aliphatic heterocycles. The molecule has 10 heavy (non-hydrogen) atoms. The molecule has 3 aliphatic rings. The van der Waals surface area contributed by atoms with Gasteiger partial charge < -0.3 is 5.11 Å². The van der Waals surface area contributed by atoms with Crippen molar-refractivity contribution in [2.75, 3.05) is 0 Å². The van der Waals surface area contributed by atoms with Gasteiger partial charge in [0, 0.05) is 0 Å². The van der Waals surface area contributed by atoms with Gasteiger partial charge in [0.15, 0.2) is 0 Å². The highest BCUT2D eigenvalue weighted by Gasteiger charge is 2.66. The van der Waals surface area contributed by atoms with Gasteiger partial charge in [-0.1, -0.05) is 0 Å². The van der Waals surface area contributed by atoms with Crippen LogP contribution < -0.4 is 0 Å². The molecule has 2 atom stereocenters. The zero-order valence-corrected chi connectivity index (χ0v) is 6.38. The van der Waals surface area contributed by atoms with Crippen molar-refractivity contribution in [3.8, 4) is 0 Å². The average Bonchev–Trinajstić information content (AvgIpc) is 2.41. The van der Waals surface area contributed by atoms with Crippen LogP contribution >= 0.6 is 0 Å². The molecule has 1 heteroatoms. The highest BCUT2D eigenvalue weighted by molar-refractivity contribution is 5.16. The fourth-order valence-corrected chi connectivity index (χ4v) is 3.85. The molecule has 0 radical (unpaired) electrons. The molecule has 3 aliphatic carbocycles. The number of aliphatic hydroxyl groups is 1. The predicted molar refractivity (Wildman–Crippen MR) is 38.4 cm³/mol. The Hall–Kier alpha value is -0.0400. The van der Waals surface area contributed by atoms with Crippen LogP contribution in [0.3, 0.4) is 0 Å². The van der Waals surface area contributed by atoms with Crippen LogP contribution in [0.15, 0.2) is 0 Å².